The Labute approximate surface area is 194 Å². The highest BCUT2D eigenvalue weighted by Gasteiger charge is 2.48. The van der Waals surface area contributed by atoms with Crippen molar-refractivity contribution >= 4 is 13.8 Å². The predicted octanol–water partition coefficient (Wildman–Crippen LogP) is 2.45. The number of esters is 1. The molecule has 0 spiro atoms. The summed E-state index contributed by atoms with van der Waals surface area (Å²) in [7, 11) is -4.61. The zero-order valence-corrected chi connectivity index (χ0v) is 19.7. The van der Waals surface area contributed by atoms with Crippen LogP contribution >= 0.6 is 7.82 Å². The van der Waals surface area contributed by atoms with E-state index in [0.717, 1.165) is 16.8 Å². The van der Waals surface area contributed by atoms with E-state index in [4.69, 9.17) is 18.5 Å². The van der Waals surface area contributed by atoms with Gasteiger partial charge in [0.25, 0.3) is 5.56 Å². The largest absolute Gasteiger partial charge is 0.472 e. The summed E-state index contributed by atoms with van der Waals surface area (Å²) in [5.41, 5.74) is -3.02. The molecule has 13 heteroatoms. The number of aromatic nitrogens is 2. The summed E-state index contributed by atoms with van der Waals surface area (Å²) in [6.07, 6.45) is -1.83. The summed E-state index contributed by atoms with van der Waals surface area (Å²) in [5, 5.41) is 0. The molecule has 1 saturated heterocycles. The Morgan fingerprint density at radius 1 is 1.32 bits per heavy atom. The molecule has 1 fully saturated rings. The van der Waals surface area contributed by atoms with Gasteiger partial charge in [-0.1, -0.05) is 18.2 Å². The third-order valence-electron chi connectivity index (χ3n) is 4.95. The van der Waals surface area contributed by atoms with Gasteiger partial charge in [0, 0.05) is 18.7 Å². The van der Waals surface area contributed by atoms with Crippen molar-refractivity contribution in [2.75, 3.05) is 6.61 Å². The summed E-state index contributed by atoms with van der Waals surface area (Å²) >= 11 is 0. The lowest BCUT2D eigenvalue weighted by molar-refractivity contribution is -0.0612. The number of H-pyrrole nitrogens is 1. The number of carbonyl (C=O) groups excluding carboxylic acids is 1. The topological polar surface area (TPSA) is 146 Å². The van der Waals surface area contributed by atoms with Crippen molar-refractivity contribution in [2.45, 2.75) is 57.9 Å². The molecule has 1 aliphatic rings. The van der Waals surface area contributed by atoms with Gasteiger partial charge in [-0.15, -0.1) is 0 Å². The molecule has 0 amide bonds. The van der Waals surface area contributed by atoms with Gasteiger partial charge in [-0.25, -0.2) is 18.5 Å². The van der Waals surface area contributed by atoms with E-state index in [2.05, 4.69) is 0 Å². The smallest absolute Gasteiger partial charge is 0.459 e. The molecule has 0 saturated carbocycles. The van der Waals surface area contributed by atoms with Gasteiger partial charge in [-0.05, 0) is 32.4 Å². The third-order valence-corrected chi connectivity index (χ3v) is 5.88. The molecule has 3 rings (SSSR count). The van der Waals surface area contributed by atoms with Gasteiger partial charge in [0.2, 0.25) is 0 Å². The second-order valence-electron chi connectivity index (χ2n) is 8.26. The maximum Gasteiger partial charge on any atom is 0.472 e. The summed E-state index contributed by atoms with van der Waals surface area (Å²) in [6, 6.07) is 7.33. The Kier molecular flexibility index (Phi) is 7.89. The van der Waals surface area contributed by atoms with Crippen LogP contribution in [-0.4, -0.2) is 44.9 Å². The number of benzene rings is 1. The number of carbonyl (C=O) groups is 1. The minimum atomic E-state index is -4.61. The Bertz CT molecular complexity index is 1190. The average Bonchev–Trinajstić information content (AvgIpc) is 3.05. The second-order valence-corrected chi connectivity index (χ2v) is 9.71. The van der Waals surface area contributed by atoms with Crippen molar-refractivity contribution in [1.82, 2.24) is 9.55 Å². The zero-order chi connectivity index (χ0) is 25.1. The minimum absolute atomic E-state index is 0.178. The van der Waals surface area contributed by atoms with E-state index < -0.39 is 56.3 Å². The number of nitrogens with one attached hydrogen (secondary N) is 1. The summed E-state index contributed by atoms with van der Waals surface area (Å²) in [6.45, 7) is 3.67. The summed E-state index contributed by atoms with van der Waals surface area (Å²) in [4.78, 5) is 47.5. The lowest BCUT2D eigenvalue weighted by Gasteiger charge is -2.22. The number of phosphoric acid groups is 1. The van der Waals surface area contributed by atoms with Gasteiger partial charge in [0.15, 0.2) is 11.9 Å². The van der Waals surface area contributed by atoms with Crippen LogP contribution in [0, 0.1) is 0 Å². The van der Waals surface area contributed by atoms with E-state index in [1.54, 1.807) is 26.0 Å². The van der Waals surface area contributed by atoms with Gasteiger partial charge < -0.3 is 14.4 Å². The van der Waals surface area contributed by atoms with Crippen LogP contribution in [0.3, 0.4) is 0 Å². The van der Waals surface area contributed by atoms with Crippen LogP contribution in [-0.2, 0) is 29.7 Å². The van der Waals surface area contributed by atoms with Crippen molar-refractivity contribution in [3.05, 3.63) is 68.5 Å². The first kappa shape index (κ1) is 26.0. The first-order chi connectivity index (χ1) is 15.9. The molecule has 0 bridgehead atoms. The van der Waals surface area contributed by atoms with E-state index in [1.165, 1.54) is 19.1 Å². The molecule has 1 aromatic carbocycles. The van der Waals surface area contributed by atoms with Crippen molar-refractivity contribution in [3.8, 4) is 0 Å². The molecule has 34 heavy (non-hydrogen) atoms. The van der Waals surface area contributed by atoms with Crippen LogP contribution in [0.5, 0.6) is 0 Å². The van der Waals surface area contributed by atoms with Crippen molar-refractivity contribution in [3.63, 3.8) is 0 Å². The maximum atomic E-state index is 15.1. The fourth-order valence-electron chi connectivity index (χ4n) is 3.47. The number of nitrogens with zero attached hydrogens (tertiary/aromatic N) is 1. The van der Waals surface area contributed by atoms with E-state index in [9.17, 15) is 23.8 Å². The van der Waals surface area contributed by atoms with Gasteiger partial charge >= 0.3 is 19.5 Å². The highest BCUT2D eigenvalue weighted by Crippen LogP contribution is 2.47. The second kappa shape index (κ2) is 10.3. The molecule has 2 aromatic rings. The van der Waals surface area contributed by atoms with E-state index in [-0.39, 0.29) is 18.1 Å². The molecule has 11 nitrogen and oxygen atoms in total. The Hall–Kier alpha value is -2.63. The molecule has 1 unspecified atom stereocenters. The standard InChI is InChI=1S/C21H26FN2O9P/c1-13(2)32-18(26)16-7-5-4-6-14(16)11-30-34(28,29)31-12-15-10-21(3,22)19(33-15)24-9-8-17(25)23-20(24)27/h4-9,13,15,19H,10-12H2,1-3H3,(H,28,29)(H,23,25,27)/t15-,19+,21+/m0/s1. The van der Waals surface area contributed by atoms with Gasteiger partial charge in [-0.3, -0.25) is 23.4 Å². The zero-order valence-electron chi connectivity index (χ0n) is 18.8. The fourth-order valence-corrected chi connectivity index (χ4v) is 4.20. The van der Waals surface area contributed by atoms with Crippen molar-refractivity contribution < 1.29 is 37.2 Å². The van der Waals surface area contributed by atoms with Gasteiger partial charge in [0.1, 0.15) is 0 Å². The van der Waals surface area contributed by atoms with Crippen LogP contribution < -0.4 is 11.2 Å². The monoisotopic (exact) mass is 500 g/mol. The van der Waals surface area contributed by atoms with E-state index in [1.807, 2.05) is 4.98 Å². The number of halogens is 1. The normalized spacial score (nSPS) is 24.2. The van der Waals surface area contributed by atoms with Gasteiger partial charge in [-0.2, -0.15) is 0 Å². The van der Waals surface area contributed by atoms with Crippen molar-refractivity contribution in [1.29, 1.82) is 0 Å². The summed E-state index contributed by atoms with van der Waals surface area (Å²) < 4.78 is 48.9. The minimum Gasteiger partial charge on any atom is -0.459 e. The Morgan fingerprint density at radius 2 is 2.03 bits per heavy atom. The van der Waals surface area contributed by atoms with Crippen LogP contribution in [0.1, 0.15) is 49.3 Å². The summed E-state index contributed by atoms with van der Waals surface area (Å²) in [5.74, 6) is -0.604. The number of rotatable bonds is 9. The third kappa shape index (κ3) is 6.49. The number of phosphoric ester groups is 1. The molecule has 186 valence electrons. The Morgan fingerprint density at radius 3 is 2.71 bits per heavy atom. The molecule has 1 aromatic heterocycles. The molecule has 0 radical (unpaired) electrons. The van der Waals surface area contributed by atoms with Crippen LogP contribution in [0.2, 0.25) is 0 Å². The first-order valence-electron chi connectivity index (χ1n) is 10.4. The number of aromatic amines is 1. The lowest BCUT2D eigenvalue weighted by atomic mass is 10.0. The van der Waals surface area contributed by atoms with E-state index in [0.29, 0.717) is 5.56 Å². The van der Waals surface area contributed by atoms with E-state index >= 15 is 4.39 Å². The molecule has 2 heterocycles. The number of hydrogen-bond donors (Lipinski definition) is 2. The maximum absolute atomic E-state index is 15.1. The predicted molar refractivity (Wildman–Crippen MR) is 117 cm³/mol. The highest BCUT2D eigenvalue weighted by molar-refractivity contribution is 7.47. The van der Waals surface area contributed by atoms with Crippen molar-refractivity contribution in [2.24, 2.45) is 0 Å². The lowest BCUT2D eigenvalue weighted by Crippen LogP contribution is -2.38. The first-order valence-corrected chi connectivity index (χ1v) is 11.9. The van der Waals surface area contributed by atoms with Crippen LogP contribution in [0.4, 0.5) is 4.39 Å². The van der Waals surface area contributed by atoms with Crippen LogP contribution in [0.15, 0.2) is 46.1 Å². The van der Waals surface area contributed by atoms with Crippen LogP contribution in [0.25, 0.3) is 0 Å². The molecule has 1 aliphatic heterocycles. The molecular formula is C21H26FN2O9P. The SMILES string of the molecule is CC(C)OC(=O)c1ccccc1COP(=O)(O)OC[C@@H]1C[C@@](C)(F)[C@H](n2ccc(=O)[nH]c2=O)O1. The quantitative estimate of drug-likeness (QED) is 0.392. The number of alkyl halides is 1. The van der Waals surface area contributed by atoms with Gasteiger partial charge in [0.05, 0.1) is 31.0 Å². The average molecular weight is 500 g/mol. The molecule has 4 atom stereocenters. The molecular weight excluding hydrogens is 474 g/mol. The highest BCUT2D eigenvalue weighted by atomic mass is 31.2. The number of hydrogen-bond acceptors (Lipinski definition) is 8. The molecule has 2 N–H and O–H groups in total. The Balaban J connectivity index is 1.61. The molecule has 0 aliphatic carbocycles. The number of ether oxygens (including phenoxy) is 2. The fraction of sp³-hybridized carbons (Fsp3) is 0.476.